The van der Waals surface area contributed by atoms with Crippen molar-refractivity contribution in [3.05, 3.63) is 11.6 Å². The fourth-order valence-electron chi connectivity index (χ4n) is 2.51. The molecular weight excluding hydrogens is 248 g/mol. The van der Waals surface area contributed by atoms with Crippen LogP contribution in [0.15, 0.2) is 11.6 Å². The van der Waals surface area contributed by atoms with Crippen molar-refractivity contribution in [3.63, 3.8) is 0 Å². The van der Waals surface area contributed by atoms with Gasteiger partial charge in [0.2, 0.25) is 0 Å². The van der Waals surface area contributed by atoms with Gasteiger partial charge in [-0.2, -0.15) is 0 Å². The summed E-state index contributed by atoms with van der Waals surface area (Å²) >= 11 is 0. The van der Waals surface area contributed by atoms with Crippen molar-refractivity contribution in [1.82, 2.24) is 0 Å². The maximum atomic E-state index is 8.91. The highest BCUT2D eigenvalue weighted by atomic mass is 16.5. The van der Waals surface area contributed by atoms with Crippen LogP contribution in [0.5, 0.6) is 0 Å². The first kappa shape index (κ1) is 19.7. The molecule has 2 heteroatoms. The van der Waals surface area contributed by atoms with E-state index in [9.17, 15) is 0 Å². The van der Waals surface area contributed by atoms with E-state index in [-0.39, 0.29) is 5.60 Å². The Morgan fingerprint density at radius 1 is 1.15 bits per heavy atom. The lowest BCUT2D eigenvalue weighted by atomic mass is 9.95. The lowest BCUT2D eigenvalue weighted by molar-refractivity contribution is -0.0720. The second-order valence-electron chi connectivity index (χ2n) is 7.06. The molecule has 0 aromatic heterocycles. The van der Waals surface area contributed by atoms with Crippen LogP contribution in [0.25, 0.3) is 0 Å². The van der Waals surface area contributed by atoms with Gasteiger partial charge in [0.05, 0.1) is 11.7 Å². The van der Waals surface area contributed by atoms with Crippen LogP contribution >= 0.6 is 0 Å². The first-order valence-corrected chi connectivity index (χ1v) is 8.19. The van der Waals surface area contributed by atoms with Gasteiger partial charge >= 0.3 is 0 Å². The van der Waals surface area contributed by atoms with E-state index in [1.54, 1.807) is 0 Å². The Kier molecular flexibility index (Phi) is 10.2. The molecule has 0 saturated heterocycles. The summed E-state index contributed by atoms with van der Waals surface area (Å²) < 4.78 is 6.18. The molecule has 0 aromatic carbocycles. The minimum absolute atomic E-state index is 0.0384. The molecule has 0 spiro atoms. The zero-order valence-corrected chi connectivity index (χ0v) is 14.5. The van der Waals surface area contributed by atoms with E-state index in [1.165, 1.54) is 18.4 Å². The summed E-state index contributed by atoms with van der Waals surface area (Å²) in [6, 6.07) is 0. The van der Waals surface area contributed by atoms with E-state index in [2.05, 4.69) is 47.6 Å². The topological polar surface area (TPSA) is 29.5 Å². The van der Waals surface area contributed by atoms with Gasteiger partial charge in [-0.1, -0.05) is 31.4 Å². The quantitative estimate of drug-likeness (QED) is 0.534. The Morgan fingerprint density at radius 3 is 2.35 bits per heavy atom. The van der Waals surface area contributed by atoms with Crippen LogP contribution < -0.4 is 0 Å². The summed E-state index contributed by atoms with van der Waals surface area (Å²) in [6.07, 6.45) is 9.16. The van der Waals surface area contributed by atoms with E-state index in [4.69, 9.17) is 9.84 Å². The Labute approximate surface area is 126 Å². The molecule has 0 aliphatic carbocycles. The molecule has 1 N–H and O–H groups in total. The minimum atomic E-state index is -0.0384. The number of rotatable bonds is 11. The molecule has 0 radical (unpaired) electrons. The molecule has 0 heterocycles. The zero-order chi connectivity index (χ0) is 15.6. The van der Waals surface area contributed by atoms with Gasteiger partial charge < -0.3 is 9.84 Å². The third-order valence-electron chi connectivity index (χ3n) is 3.74. The number of hydrogen-bond donors (Lipinski definition) is 1. The second kappa shape index (κ2) is 10.4. The summed E-state index contributed by atoms with van der Waals surface area (Å²) in [6.45, 7) is 13.4. The normalized spacial score (nSPS) is 14.9. The predicted octanol–water partition coefficient (Wildman–Crippen LogP) is 5.11. The van der Waals surface area contributed by atoms with Gasteiger partial charge in [0.1, 0.15) is 0 Å². The van der Waals surface area contributed by atoms with E-state index in [1.807, 2.05) is 0 Å². The smallest absolute Gasteiger partial charge is 0.0630 e. The van der Waals surface area contributed by atoms with Crippen LogP contribution in [-0.2, 0) is 4.74 Å². The molecule has 120 valence electrons. The molecule has 2 unspecified atom stereocenters. The molecule has 0 fully saturated rings. The Hall–Kier alpha value is -0.340. The fraction of sp³-hybridized carbons (Fsp3) is 0.889. The molecular formula is C18H36O2. The van der Waals surface area contributed by atoms with Gasteiger partial charge in [-0.25, -0.2) is 0 Å². The monoisotopic (exact) mass is 284 g/mol. The van der Waals surface area contributed by atoms with Crippen molar-refractivity contribution in [2.45, 2.75) is 91.8 Å². The molecule has 0 aliphatic heterocycles. The summed E-state index contributed by atoms with van der Waals surface area (Å²) in [4.78, 5) is 0. The first-order chi connectivity index (χ1) is 9.26. The maximum absolute atomic E-state index is 8.91. The lowest BCUT2D eigenvalue weighted by Crippen LogP contribution is -2.29. The Morgan fingerprint density at radius 2 is 1.80 bits per heavy atom. The summed E-state index contributed by atoms with van der Waals surface area (Å²) in [7, 11) is 0. The summed E-state index contributed by atoms with van der Waals surface area (Å²) in [5, 5.41) is 8.91. The van der Waals surface area contributed by atoms with Crippen molar-refractivity contribution in [3.8, 4) is 0 Å². The summed E-state index contributed by atoms with van der Waals surface area (Å²) in [5.41, 5.74) is 1.35. The van der Waals surface area contributed by atoms with Crippen LogP contribution in [0.4, 0.5) is 0 Å². The number of hydrogen-bond acceptors (Lipinski definition) is 2. The van der Waals surface area contributed by atoms with Crippen LogP contribution in [0, 0.1) is 5.92 Å². The van der Waals surface area contributed by atoms with E-state index in [0.29, 0.717) is 18.6 Å². The largest absolute Gasteiger partial charge is 0.396 e. The number of aliphatic hydroxyl groups excluding tert-OH is 1. The van der Waals surface area contributed by atoms with E-state index < -0.39 is 0 Å². The highest BCUT2D eigenvalue weighted by Crippen LogP contribution is 2.23. The van der Waals surface area contributed by atoms with Gasteiger partial charge in [0, 0.05) is 6.61 Å². The van der Waals surface area contributed by atoms with E-state index >= 15 is 0 Å². The highest BCUT2D eigenvalue weighted by Gasteiger charge is 2.21. The Bertz CT molecular complexity index is 265. The predicted molar refractivity (Wildman–Crippen MR) is 88.0 cm³/mol. The fourth-order valence-corrected chi connectivity index (χ4v) is 2.51. The van der Waals surface area contributed by atoms with Crippen molar-refractivity contribution in [2.75, 3.05) is 6.61 Å². The van der Waals surface area contributed by atoms with Crippen molar-refractivity contribution < 1.29 is 9.84 Å². The molecule has 0 bridgehead atoms. The molecule has 0 saturated carbocycles. The number of aliphatic hydroxyl groups is 1. The molecule has 0 aromatic rings. The highest BCUT2D eigenvalue weighted by molar-refractivity contribution is 4.92. The first-order valence-electron chi connectivity index (χ1n) is 8.19. The maximum Gasteiger partial charge on any atom is 0.0630 e. The minimum Gasteiger partial charge on any atom is -0.396 e. The van der Waals surface area contributed by atoms with Gasteiger partial charge in [-0.15, -0.1) is 0 Å². The average molecular weight is 284 g/mol. The van der Waals surface area contributed by atoms with Gasteiger partial charge in [-0.3, -0.25) is 0 Å². The van der Waals surface area contributed by atoms with Crippen LogP contribution in [0.3, 0.4) is 0 Å². The second-order valence-corrected chi connectivity index (χ2v) is 7.06. The molecule has 0 aliphatic rings. The number of allylic oxidation sites excluding steroid dienone is 2. The van der Waals surface area contributed by atoms with Gasteiger partial charge in [0.15, 0.2) is 0 Å². The molecule has 0 rings (SSSR count). The molecule has 0 amide bonds. The molecule has 2 nitrogen and oxygen atoms in total. The third kappa shape index (κ3) is 11.5. The average Bonchev–Trinajstić information content (AvgIpc) is 2.27. The Balaban J connectivity index is 3.89. The van der Waals surface area contributed by atoms with Gasteiger partial charge in [-0.05, 0) is 66.2 Å². The number of ether oxygens (including phenoxy) is 1. The molecule has 2 atom stereocenters. The summed E-state index contributed by atoms with van der Waals surface area (Å²) in [5.74, 6) is 0.617. The van der Waals surface area contributed by atoms with Crippen molar-refractivity contribution in [2.24, 2.45) is 5.92 Å². The van der Waals surface area contributed by atoms with E-state index in [0.717, 1.165) is 25.7 Å². The third-order valence-corrected chi connectivity index (χ3v) is 3.74. The van der Waals surface area contributed by atoms with Crippen molar-refractivity contribution in [1.29, 1.82) is 0 Å². The standard InChI is InChI=1S/C18H36O2/c1-15(2)9-7-11-17(4)20-18(5,6)13-8-10-16(3)12-14-19/h9,16-17,19H,7-8,10-14H2,1-6H3. The molecule has 20 heavy (non-hydrogen) atoms. The lowest BCUT2D eigenvalue weighted by Gasteiger charge is -2.29. The van der Waals surface area contributed by atoms with Gasteiger partial charge in [0.25, 0.3) is 0 Å². The van der Waals surface area contributed by atoms with Crippen LogP contribution in [-0.4, -0.2) is 23.4 Å². The zero-order valence-electron chi connectivity index (χ0n) is 14.5. The van der Waals surface area contributed by atoms with Crippen molar-refractivity contribution >= 4 is 0 Å². The van der Waals surface area contributed by atoms with Crippen LogP contribution in [0.1, 0.15) is 80.1 Å². The van der Waals surface area contributed by atoms with Crippen LogP contribution in [0.2, 0.25) is 0 Å². The SMILES string of the molecule is CC(C)=CCCC(C)OC(C)(C)CCCC(C)CCO.